The number of para-hydroxylation sites is 2. The molecule has 0 spiro atoms. The fourth-order valence-corrected chi connectivity index (χ4v) is 11.9. The molecule has 34 heteroatoms. The average Bonchev–Trinajstić information content (AvgIpc) is 1.40. The summed E-state index contributed by atoms with van der Waals surface area (Å²) < 4.78 is 84.0. The lowest BCUT2D eigenvalue weighted by Crippen LogP contribution is -2.31. The zero-order valence-corrected chi connectivity index (χ0v) is 75.6. The molecular formula is C103H100N6O28. The SMILES string of the molecule is C=C(C)C(=O)OCCNC(=O)Oc1cc2c(cc1-c1cc3c(cc1OC(=O)NCCOC(=O)C(=C)C)OCO3)OCO2.C=C(C)C(=O)OCCNC(=O)Oc1ccc(-c2ccccc2)cc1-c1cc(-c2ccccc2)ccc1OC(=O)NCCOC(=O)C(=C)C.C=C(C)C(=O)OCCOC(=O)Nc1ccccc1-c1ccccc1.C=CC(=O)OCCOC(=O)Nc1ccccc1-c1ccccc1. The van der Waals surface area contributed by atoms with E-state index >= 15 is 0 Å². The largest absolute Gasteiger partial charge is 0.460 e. The number of nitrogens with one attached hydrogen (secondary N) is 6. The topological polar surface area (TPSA) is 425 Å². The zero-order chi connectivity index (χ0) is 98.5. The highest BCUT2D eigenvalue weighted by Crippen LogP contribution is 2.50. The molecule has 0 bridgehead atoms. The normalized spacial score (nSPS) is 10.7. The van der Waals surface area contributed by atoms with Crippen molar-refractivity contribution in [3.05, 3.63) is 304 Å². The number of carbonyl (C=O) groups is 12. The number of benzene rings is 10. The van der Waals surface area contributed by atoms with Gasteiger partial charge in [-0.3, -0.25) is 10.6 Å². The van der Waals surface area contributed by atoms with E-state index in [1.807, 2.05) is 182 Å². The Balaban J connectivity index is 0.000000214. The summed E-state index contributed by atoms with van der Waals surface area (Å²) in [5.74, 6) is -1.56. The Hall–Kier alpha value is -17.7. The molecule has 0 atom stereocenters. The van der Waals surface area contributed by atoms with E-state index in [0.29, 0.717) is 62.2 Å². The lowest BCUT2D eigenvalue weighted by molar-refractivity contribution is -0.140. The molecule has 0 radical (unpaired) electrons. The molecule has 6 amide bonds. The minimum absolute atomic E-state index is 0.00892. The molecule has 2 heterocycles. The zero-order valence-electron chi connectivity index (χ0n) is 75.6. The Morgan fingerprint density at radius 3 is 0.847 bits per heavy atom. The number of ether oxygens (including phenoxy) is 16. The van der Waals surface area contributed by atoms with Crippen LogP contribution in [0, 0.1) is 0 Å². The molecule has 0 aromatic heterocycles. The second kappa shape index (κ2) is 53.6. The van der Waals surface area contributed by atoms with Crippen LogP contribution in [0.1, 0.15) is 34.6 Å². The second-order valence-corrected chi connectivity index (χ2v) is 29.1. The van der Waals surface area contributed by atoms with E-state index in [0.717, 1.165) is 50.6 Å². The number of anilines is 2. The molecule has 2 aliphatic rings. The molecule has 0 fully saturated rings. The maximum Gasteiger partial charge on any atom is 0.412 e. The second-order valence-electron chi connectivity index (χ2n) is 29.1. The van der Waals surface area contributed by atoms with Gasteiger partial charge < -0.3 is 97.1 Å². The summed E-state index contributed by atoms with van der Waals surface area (Å²) in [6, 6.07) is 70.2. The third-order valence-electron chi connectivity index (χ3n) is 18.4. The predicted molar refractivity (Wildman–Crippen MR) is 507 cm³/mol. The number of hydrogen-bond acceptors (Lipinski definition) is 28. The number of fused-ring (bicyclic) bond motifs is 2. The summed E-state index contributed by atoms with van der Waals surface area (Å²) in [5.41, 5.74) is 11.3. The Kier molecular flexibility index (Phi) is 40.3. The van der Waals surface area contributed by atoms with Crippen molar-refractivity contribution in [2.45, 2.75) is 34.6 Å². The van der Waals surface area contributed by atoms with E-state index in [1.54, 1.807) is 43.3 Å². The van der Waals surface area contributed by atoms with E-state index in [-0.39, 0.29) is 138 Å². The quantitative estimate of drug-likeness (QED) is 0.00919. The van der Waals surface area contributed by atoms with Gasteiger partial charge in [0.2, 0.25) is 13.6 Å². The van der Waals surface area contributed by atoms with Gasteiger partial charge in [0.05, 0.1) is 37.6 Å². The monoisotopic (exact) mass is 1870 g/mol. The van der Waals surface area contributed by atoms with Crippen LogP contribution in [0.4, 0.5) is 40.1 Å². The van der Waals surface area contributed by atoms with Crippen LogP contribution in [0.25, 0.3) is 66.8 Å². The fraction of sp³-hybridized carbons (Fsp3) is 0.184. The van der Waals surface area contributed by atoms with Crippen LogP contribution in [0.15, 0.2) is 304 Å². The fourth-order valence-electron chi connectivity index (χ4n) is 11.9. The van der Waals surface area contributed by atoms with Gasteiger partial charge in [0.1, 0.15) is 75.9 Å². The van der Waals surface area contributed by atoms with Crippen molar-refractivity contribution in [2.24, 2.45) is 0 Å². The smallest absolute Gasteiger partial charge is 0.412 e. The van der Waals surface area contributed by atoms with Gasteiger partial charge in [-0.15, -0.1) is 0 Å². The predicted octanol–water partition coefficient (Wildman–Crippen LogP) is 18.0. The summed E-state index contributed by atoms with van der Waals surface area (Å²) >= 11 is 0. The van der Waals surface area contributed by atoms with Gasteiger partial charge in [-0.1, -0.05) is 209 Å². The van der Waals surface area contributed by atoms with Crippen LogP contribution in [-0.2, 0) is 66.7 Å². The summed E-state index contributed by atoms with van der Waals surface area (Å²) in [5, 5.41) is 15.5. The van der Waals surface area contributed by atoms with Crippen molar-refractivity contribution in [1.29, 1.82) is 0 Å². The van der Waals surface area contributed by atoms with E-state index in [9.17, 15) is 57.5 Å². The van der Waals surface area contributed by atoms with Gasteiger partial charge >= 0.3 is 72.4 Å². The first-order valence-electron chi connectivity index (χ1n) is 42.2. The first kappa shape index (κ1) is 103. The van der Waals surface area contributed by atoms with Crippen LogP contribution in [-0.4, -0.2) is 165 Å². The van der Waals surface area contributed by atoms with Crippen LogP contribution < -0.4 is 69.8 Å². The summed E-state index contributed by atoms with van der Waals surface area (Å²) in [7, 11) is 0. The van der Waals surface area contributed by atoms with Crippen LogP contribution in [0.5, 0.6) is 46.0 Å². The molecule has 10 aromatic rings. The molecule has 0 saturated carbocycles. The highest BCUT2D eigenvalue weighted by Gasteiger charge is 2.29. The van der Waals surface area contributed by atoms with Crippen molar-refractivity contribution < 1.29 is 133 Å². The highest BCUT2D eigenvalue weighted by molar-refractivity contribution is 5.95. The standard InChI is InChI=1S/C38H36N2O8.C28H28N2O12.C19H19NO4.C18H17NO4/c1-25(2)35(41)45-21-19-39-37(43)47-33-17-15-29(27-11-7-5-8-12-27)23-31(33)32-24-30(28-13-9-6-10-14-28)16-18-34(32)48-38(44)40-20-22-46-36(42)26(3)4;1-15(2)25(31)35-7-5-29-27(33)41-19-11-23-21(37-13-39-23)9-17(19)18-10-22-24(40-14-38-22)12-20(18)42-28(34)30-6-8-36-26(32)16(3)4;1-14(2)18(21)23-12-13-24-19(22)20-17-11-7-6-10-16(17)15-8-4-3-5-9-15;1-2-17(20)22-12-13-23-18(21)19-16-11-7-6-10-15(16)14-8-4-3-5-9-14/h5-18,23-24H,1,3,19-22H2,2,4H3,(H,39,43)(H,40,44);9-12H,1,3,5-8,13-14H2,2,4H3,(H,29,33)(H,30,34);3-11H,1,12-13H2,2H3,(H,20,22);2-11H,1,12-13H2,(H,19,21). The van der Waals surface area contributed by atoms with Crippen molar-refractivity contribution in [3.8, 4) is 113 Å². The third kappa shape index (κ3) is 33.6. The summed E-state index contributed by atoms with van der Waals surface area (Å²) in [6.45, 7) is 27.8. The maximum absolute atomic E-state index is 12.9. The van der Waals surface area contributed by atoms with Gasteiger partial charge in [-0.2, -0.15) is 0 Å². The van der Waals surface area contributed by atoms with E-state index in [2.05, 4.69) is 71.4 Å². The van der Waals surface area contributed by atoms with E-state index in [1.165, 1.54) is 39.8 Å². The van der Waals surface area contributed by atoms with Crippen molar-refractivity contribution in [2.75, 3.05) is 103 Å². The minimum atomic E-state index is -0.855. The molecule has 0 saturated heterocycles. The molecular weight excluding hydrogens is 1770 g/mol. The van der Waals surface area contributed by atoms with E-state index < -0.39 is 72.4 Å². The highest BCUT2D eigenvalue weighted by atomic mass is 16.7. The lowest BCUT2D eigenvalue weighted by atomic mass is 9.94. The van der Waals surface area contributed by atoms with Crippen LogP contribution in [0.3, 0.4) is 0 Å². The molecule has 0 aliphatic carbocycles. The van der Waals surface area contributed by atoms with Gasteiger partial charge in [0.25, 0.3) is 0 Å². The van der Waals surface area contributed by atoms with Crippen molar-refractivity contribution >= 4 is 83.8 Å². The number of hydrogen-bond donors (Lipinski definition) is 6. The number of carbonyl (C=O) groups excluding carboxylic acids is 12. The van der Waals surface area contributed by atoms with Gasteiger partial charge in [0, 0.05) is 79.5 Å². The number of rotatable bonds is 36. The van der Waals surface area contributed by atoms with Gasteiger partial charge in [-0.05, 0) is 117 Å². The Labute approximate surface area is 789 Å². The molecule has 2 aliphatic heterocycles. The maximum atomic E-state index is 12.9. The average molecular weight is 1870 g/mol. The molecule has 12 rings (SSSR count). The minimum Gasteiger partial charge on any atom is -0.460 e. The molecule has 710 valence electrons. The molecule has 0 unspecified atom stereocenters. The molecule has 137 heavy (non-hydrogen) atoms. The summed E-state index contributed by atoms with van der Waals surface area (Å²) in [6.07, 6.45) is -3.43. The van der Waals surface area contributed by atoms with E-state index in [4.69, 9.17) is 75.8 Å². The Morgan fingerprint density at radius 2 is 0.533 bits per heavy atom. The number of amides is 6. The first-order chi connectivity index (χ1) is 66.0. The van der Waals surface area contributed by atoms with Gasteiger partial charge in [0.15, 0.2) is 23.0 Å². The Bertz CT molecular complexity index is 5810. The third-order valence-corrected chi connectivity index (χ3v) is 18.4. The lowest BCUT2D eigenvalue weighted by Gasteiger charge is -2.17. The van der Waals surface area contributed by atoms with Crippen LogP contribution >= 0.6 is 0 Å². The van der Waals surface area contributed by atoms with Crippen LogP contribution in [0.2, 0.25) is 0 Å². The van der Waals surface area contributed by atoms with Crippen molar-refractivity contribution in [3.63, 3.8) is 0 Å². The van der Waals surface area contributed by atoms with Gasteiger partial charge in [-0.25, -0.2) is 57.5 Å². The first-order valence-corrected chi connectivity index (χ1v) is 42.2. The number of esters is 6. The van der Waals surface area contributed by atoms with Crippen molar-refractivity contribution in [1.82, 2.24) is 21.3 Å². The molecule has 34 nitrogen and oxygen atoms in total. The Morgan fingerprint density at radius 1 is 0.270 bits per heavy atom. The summed E-state index contributed by atoms with van der Waals surface area (Å²) in [4.78, 5) is 143. The molecule has 10 aromatic carbocycles. The molecule has 6 N–H and O–H groups in total.